The van der Waals surface area contributed by atoms with E-state index in [1.54, 1.807) is 0 Å². The van der Waals surface area contributed by atoms with Crippen LogP contribution in [0.25, 0.3) is 0 Å². The predicted octanol–water partition coefficient (Wildman–Crippen LogP) is 11.6. The van der Waals surface area contributed by atoms with Gasteiger partial charge in [0.25, 0.3) is 0 Å². The average Bonchev–Trinajstić information content (AvgIpc) is 3.30. The van der Waals surface area contributed by atoms with Gasteiger partial charge in [0.05, 0.1) is 6.61 Å². The Morgan fingerprint density at radius 1 is 0.470 bits per heavy atom. The van der Waals surface area contributed by atoms with E-state index >= 15 is 0 Å². The Morgan fingerprint density at radius 3 is 1.26 bits per heavy atom. The van der Waals surface area contributed by atoms with Crippen LogP contribution < -0.4 is 0 Å². The molecule has 0 amide bonds. The lowest BCUT2D eigenvalue weighted by Crippen LogP contribution is -2.64. The summed E-state index contributed by atoms with van der Waals surface area (Å²) >= 11 is 0. The molecule has 388 valence electrons. The molecule has 1 saturated carbocycles. The molecule has 6 unspecified atom stereocenters. The standard InChI is InChI=1S/C52H97O13P/c1-3-5-7-9-11-13-15-17-19-21-23-25-27-29-31-33-35-37-39-41-46(54)64-44(43-63-66(60,61)65-52-50(58)48(56)47(55)49(57)51(52)59)42-62-45(53)40-38-36-34-32-30-28-26-24-22-20-18-16-14-12-10-8-6-4-2/h11,13,17,19,44,47-52,55-59H,3-10,12,14-16,18,20-43H2,1-2H3,(H,60,61)/b13-11-,19-17-. The zero-order valence-corrected chi connectivity index (χ0v) is 42.4. The highest BCUT2D eigenvalue weighted by Crippen LogP contribution is 2.47. The highest BCUT2D eigenvalue weighted by molar-refractivity contribution is 7.47. The molecule has 0 aliphatic heterocycles. The Kier molecular flexibility index (Phi) is 39.9. The van der Waals surface area contributed by atoms with Crippen molar-refractivity contribution in [3.63, 3.8) is 0 Å². The second kappa shape index (κ2) is 42.2. The fourth-order valence-corrected chi connectivity index (χ4v) is 9.23. The molecule has 66 heavy (non-hydrogen) atoms. The van der Waals surface area contributed by atoms with Gasteiger partial charge in [0, 0.05) is 12.8 Å². The first kappa shape index (κ1) is 62.3. The van der Waals surface area contributed by atoms with Crippen molar-refractivity contribution in [1.29, 1.82) is 0 Å². The number of phosphoric ester groups is 1. The van der Waals surface area contributed by atoms with Crippen LogP contribution in [0.3, 0.4) is 0 Å². The average molecular weight is 961 g/mol. The van der Waals surface area contributed by atoms with Gasteiger partial charge in [-0.15, -0.1) is 0 Å². The van der Waals surface area contributed by atoms with Crippen molar-refractivity contribution in [2.75, 3.05) is 13.2 Å². The minimum atomic E-state index is -5.12. The number of carbonyl (C=O) groups is 2. The lowest BCUT2D eigenvalue weighted by atomic mass is 9.85. The van der Waals surface area contributed by atoms with E-state index in [0.717, 1.165) is 57.8 Å². The molecule has 0 aromatic heterocycles. The maximum Gasteiger partial charge on any atom is 0.472 e. The van der Waals surface area contributed by atoms with Gasteiger partial charge >= 0.3 is 19.8 Å². The zero-order valence-electron chi connectivity index (χ0n) is 41.5. The summed E-state index contributed by atoms with van der Waals surface area (Å²) in [6.45, 7) is 3.32. The Hall–Kier alpha value is -1.67. The van der Waals surface area contributed by atoms with Crippen LogP contribution in [0.2, 0.25) is 0 Å². The summed E-state index contributed by atoms with van der Waals surface area (Å²) in [5.41, 5.74) is 0. The molecule has 13 nitrogen and oxygen atoms in total. The van der Waals surface area contributed by atoms with Crippen molar-refractivity contribution in [3.8, 4) is 0 Å². The molecule has 0 heterocycles. The monoisotopic (exact) mass is 961 g/mol. The van der Waals surface area contributed by atoms with Crippen molar-refractivity contribution >= 4 is 19.8 Å². The third-order valence-corrected chi connectivity index (χ3v) is 13.5. The molecule has 0 radical (unpaired) electrons. The summed E-state index contributed by atoms with van der Waals surface area (Å²) in [6, 6.07) is 0. The highest BCUT2D eigenvalue weighted by atomic mass is 31.2. The van der Waals surface area contributed by atoms with Crippen LogP contribution >= 0.6 is 7.82 Å². The smallest absolute Gasteiger partial charge is 0.462 e. The van der Waals surface area contributed by atoms with Gasteiger partial charge in [-0.25, -0.2) is 4.57 Å². The molecular weight excluding hydrogens is 864 g/mol. The summed E-state index contributed by atoms with van der Waals surface area (Å²) in [4.78, 5) is 35.9. The Bertz CT molecular complexity index is 1250. The number of esters is 2. The van der Waals surface area contributed by atoms with E-state index in [0.29, 0.717) is 12.8 Å². The summed E-state index contributed by atoms with van der Waals surface area (Å²) in [5, 5.41) is 50.3. The number of aliphatic hydroxyl groups excluding tert-OH is 5. The second-order valence-electron chi connectivity index (χ2n) is 18.7. The van der Waals surface area contributed by atoms with E-state index in [4.69, 9.17) is 18.5 Å². The maximum absolute atomic E-state index is 12.9. The topological polar surface area (TPSA) is 210 Å². The fourth-order valence-electron chi connectivity index (χ4n) is 8.26. The highest BCUT2D eigenvalue weighted by Gasteiger charge is 2.51. The molecule has 14 heteroatoms. The lowest BCUT2D eigenvalue weighted by Gasteiger charge is -2.41. The van der Waals surface area contributed by atoms with Crippen LogP contribution in [-0.4, -0.2) is 98.3 Å². The van der Waals surface area contributed by atoms with Gasteiger partial charge in [-0.1, -0.05) is 205 Å². The Labute approximate surface area is 400 Å². The molecule has 1 aliphatic rings. The fraction of sp³-hybridized carbons (Fsp3) is 0.885. The quantitative estimate of drug-likeness (QED) is 0.0145. The second-order valence-corrected chi connectivity index (χ2v) is 20.1. The van der Waals surface area contributed by atoms with E-state index in [1.807, 2.05) is 0 Å². The van der Waals surface area contributed by atoms with Gasteiger partial charge in [-0.2, -0.15) is 0 Å². The number of allylic oxidation sites excluding steroid dienone is 4. The van der Waals surface area contributed by atoms with Gasteiger partial charge in [0.1, 0.15) is 43.2 Å². The predicted molar refractivity (Wildman–Crippen MR) is 263 cm³/mol. The van der Waals surface area contributed by atoms with Crippen LogP contribution in [0.4, 0.5) is 0 Å². The van der Waals surface area contributed by atoms with Gasteiger partial charge in [-0.3, -0.25) is 18.6 Å². The number of hydrogen-bond acceptors (Lipinski definition) is 12. The third kappa shape index (κ3) is 33.8. The lowest BCUT2D eigenvalue weighted by molar-refractivity contribution is -0.220. The molecule has 1 aliphatic carbocycles. The molecule has 0 aromatic rings. The third-order valence-electron chi connectivity index (χ3n) is 12.5. The van der Waals surface area contributed by atoms with E-state index in [-0.39, 0.29) is 12.8 Å². The summed E-state index contributed by atoms with van der Waals surface area (Å²) < 4.78 is 33.7. The van der Waals surface area contributed by atoms with Crippen molar-refractivity contribution in [2.45, 2.75) is 281 Å². The van der Waals surface area contributed by atoms with E-state index in [1.165, 1.54) is 141 Å². The SMILES string of the molecule is CCCCC/C=C\C/C=C\CCCCCCCCCCCC(=O)OC(COC(=O)CCCCCCCCCCCCCCCCCCCC)COP(=O)(O)OC1C(O)C(O)C(O)C(O)C1O. The van der Waals surface area contributed by atoms with Crippen LogP contribution in [0.5, 0.6) is 0 Å². The summed E-state index contributed by atoms with van der Waals surface area (Å²) in [6.07, 6.45) is 35.0. The number of hydrogen-bond donors (Lipinski definition) is 6. The molecule has 6 atom stereocenters. The maximum atomic E-state index is 12.9. The Balaban J connectivity index is 2.38. The van der Waals surface area contributed by atoms with Crippen molar-refractivity contribution in [2.24, 2.45) is 0 Å². The number of carbonyl (C=O) groups excluding carboxylic acids is 2. The normalized spacial score (nSPS) is 21.4. The minimum absolute atomic E-state index is 0.0950. The molecule has 1 rings (SSSR count). The number of aliphatic hydroxyl groups is 5. The largest absolute Gasteiger partial charge is 0.472 e. The van der Waals surface area contributed by atoms with Crippen molar-refractivity contribution < 1.29 is 63.1 Å². The summed E-state index contributed by atoms with van der Waals surface area (Å²) in [7, 11) is -5.12. The summed E-state index contributed by atoms with van der Waals surface area (Å²) in [5.74, 6) is -1.09. The molecule has 0 spiro atoms. The zero-order chi connectivity index (χ0) is 48.5. The van der Waals surface area contributed by atoms with Crippen LogP contribution in [0.1, 0.15) is 239 Å². The molecule has 6 N–H and O–H groups in total. The van der Waals surface area contributed by atoms with E-state index in [2.05, 4.69) is 38.2 Å². The van der Waals surface area contributed by atoms with Gasteiger partial charge in [0.2, 0.25) is 0 Å². The van der Waals surface area contributed by atoms with Gasteiger partial charge in [-0.05, 0) is 44.9 Å². The molecular formula is C52H97O13P. The number of phosphoric acid groups is 1. The van der Waals surface area contributed by atoms with Crippen LogP contribution in [-0.2, 0) is 32.7 Å². The number of ether oxygens (including phenoxy) is 2. The number of unbranched alkanes of at least 4 members (excludes halogenated alkanes) is 29. The van der Waals surface area contributed by atoms with Crippen LogP contribution in [0, 0.1) is 0 Å². The first-order chi connectivity index (χ1) is 31.9. The van der Waals surface area contributed by atoms with Crippen molar-refractivity contribution in [1.82, 2.24) is 0 Å². The van der Waals surface area contributed by atoms with Gasteiger partial charge < -0.3 is 39.9 Å². The number of rotatable bonds is 45. The van der Waals surface area contributed by atoms with E-state index < -0.39 is 75.7 Å². The Morgan fingerprint density at radius 2 is 0.818 bits per heavy atom. The van der Waals surface area contributed by atoms with Gasteiger partial charge in [0.15, 0.2) is 6.10 Å². The molecule has 0 aromatic carbocycles. The first-order valence-corrected chi connectivity index (χ1v) is 28.1. The van der Waals surface area contributed by atoms with Crippen molar-refractivity contribution in [3.05, 3.63) is 24.3 Å². The molecule has 0 bridgehead atoms. The molecule has 1 fully saturated rings. The van der Waals surface area contributed by atoms with Crippen LogP contribution in [0.15, 0.2) is 24.3 Å². The first-order valence-electron chi connectivity index (χ1n) is 26.6. The van der Waals surface area contributed by atoms with E-state index in [9.17, 15) is 44.6 Å². The minimum Gasteiger partial charge on any atom is -0.462 e. The molecule has 0 saturated heterocycles.